The van der Waals surface area contributed by atoms with Crippen LogP contribution in [-0.2, 0) is 9.53 Å². The van der Waals surface area contributed by atoms with E-state index in [1.54, 1.807) is 13.0 Å². The van der Waals surface area contributed by atoms with Gasteiger partial charge in [-0.1, -0.05) is 23.7 Å². The van der Waals surface area contributed by atoms with Gasteiger partial charge in [-0.2, -0.15) is 0 Å². The second-order valence-corrected chi connectivity index (χ2v) is 3.92. The minimum atomic E-state index is -1.51. The van der Waals surface area contributed by atoms with E-state index in [9.17, 15) is 14.3 Å². The zero-order chi connectivity index (χ0) is 13.0. The van der Waals surface area contributed by atoms with Gasteiger partial charge in [0.15, 0.2) is 6.10 Å². The fourth-order valence-electron chi connectivity index (χ4n) is 1.56. The van der Waals surface area contributed by atoms with Gasteiger partial charge in [0.05, 0.1) is 6.61 Å². The predicted molar refractivity (Wildman–Crippen MR) is 62.6 cm³/mol. The molecule has 5 heteroatoms. The summed E-state index contributed by atoms with van der Waals surface area (Å²) in [5, 5.41) is 9.96. The van der Waals surface area contributed by atoms with Crippen LogP contribution in [0.1, 0.15) is 37.3 Å². The lowest BCUT2D eigenvalue weighted by atomic mass is 9.99. The first kappa shape index (κ1) is 13.9. The number of rotatable bonds is 4. The maximum absolute atomic E-state index is 13.4. The van der Waals surface area contributed by atoms with Crippen molar-refractivity contribution in [3.05, 3.63) is 34.3 Å². The van der Waals surface area contributed by atoms with E-state index in [4.69, 9.17) is 11.6 Å². The summed E-state index contributed by atoms with van der Waals surface area (Å²) in [5.74, 6) is -0.809. The Balaban J connectivity index is 3.13. The van der Waals surface area contributed by atoms with Crippen LogP contribution in [0.5, 0.6) is 0 Å². The van der Waals surface area contributed by atoms with E-state index in [1.807, 2.05) is 0 Å². The van der Waals surface area contributed by atoms with E-state index in [-0.39, 0.29) is 22.8 Å². The monoisotopic (exact) mass is 260 g/mol. The molecule has 1 N–H and O–H groups in total. The van der Waals surface area contributed by atoms with E-state index >= 15 is 0 Å². The molecule has 1 aromatic carbocycles. The number of ether oxygens (including phenoxy) is 1. The summed E-state index contributed by atoms with van der Waals surface area (Å²) in [6.07, 6.45) is -2.88. The standard InChI is InChI=1S/C12H14ClFO3/c1-3-17-12(16)11(15)8-5-4-6-9(13)10(8)7(2)14/h4-7,11,15H,3H2,1-2H3. The number of benzene rings is 1. The van der Waals surface area contributed by atoms with Gasteiger partial charge < -0.3 is 9.84 Å². The molecule has 0 heterocycles. The molecule has 1 rings (SSSR count). The molecule has 0 aliphatic rings. The molecule has 0 aromatic heterocycles. The summed E-state index contributed by atoms with van der Waals surface area (Å²) in [6.45, 7) is 3.07. The number of hydrogen-bond acceptors (Lipinski definition) is 3. The van der Waals surface area contributed by atoms with Crippen molar-refractivity contribution in [2.45, 2.75) is 26.1 Å². The van der Waals surface area contributed by atoms with Gasteiger partial charge in [0.2, 0.25) is 0 Å². The van der Waals surface area contributed by atoms with Crippen molar-refractivity contribution in [1.82, 2.24) is 0 Å². The van der Waals surface area contributed by atoms with Gasteiger partial charge in [-0.15, -0.1) is 0 Å². The minimum Gasteiger partial charge on any atom is -0.464 e. The molecule has 0 aliphatic heterocycles. The number of carbonyl (C=O) groups is 1. The Bertz CT molecular complexity index is 407. The Morgan fingerprint density at radius 2 is 2.24 bits per heavy atom. The van der Waals surface area contributed by atoms with E-state index in [1.165, 1.54) is 19.1 Å². The highest BCUT2D eigenvalue weighted by molar-refractivity contribution is 6.31. The fourth-order valence-corrected chi connectivity index (χ4v) is 1.89. The molecule has 0 saturated carbocycles. The van der Waals surface area contributed by atoms with E-state index < -0.39 is 18.2 Å². The summed E-state index contributed by atoms with van der Waals surface area (Å²) in [7, 11) is 0. The van der Waals surface area contributed by atoms with Crippen molar-refractivity contribution in [3.63, 3.8) is 0 Å². The first-order valence-electron chi connectivity index (χ1n) is 5.26. The molecular weight excluding hydrogens is 247 g/mol. The SMILES string of the molecule is CCOC(=O)C(O)c1cccc(Cl)c1C(C)F. The van der Waals surface area contributed by atoms with Crippen molar-refractivity contribution in [1.29, 1.82) is 0 Å². The Morgan fingerprint density at radius 1 is 1.59 bits per heavy atom. The van der Waals surface area contributed by atoms with Gasteiger partial charge in [-0.25, -0.2) is 9.18 Å². The maximum atomic E-state index is 13.4. The smallest absolute Gasteiger partial charge is 0.339 e. The number of aliphatic hydroxyl groups excluding tert-OH is 1. The molecule has 3 nitrogen and oxygen atoms in total. The van der Waals surface area contributed by atoms with Crippen LogP contribution in [0.25, 0.3) is 0 Å². The lowest BCUT2D eigenvalue weighted by Gasteiger charge is -2.16. The van der Waals surface area contributed by atoms with Crippen LogP contribution in [0.15, 0.2) is 18.2 Å². The largest absolute Gasteiger partial charge is 0.464 e. The molecule has 0 fully saturated rings. The number of esters is 1. The van der Waals surface area contributed by atoms with Crippen LogP contribution in [0, 0.1) is 0 Å². The molecule has 94 valence electrons. The Hall–Kier alpha value is -1.13. The van der Waals surface area contributed by atoms with Gasteiger partial charge in [0.25, 0.3) is 0 Å². The molecule has 2 unspecified atom stereocenters. The van der Waals surface area contributed by atoms with Gasteiger partial charge in [0.1, 0.15) is 6.17 Å². The molecule has 1 aromatic rings. The summed E-state index contributed by atoms with van der Waals surface area (Å²) >= 11 is 5.85. The highest BCUT2D eigenvalue weighted by Gasteiger charge is 2.25. The highest BCUT2D eigenvalue weighted by Crippen LogP contribution is 2.32. The van der Waals surface area contributed by atoms with Gasteiger partial charge in [-0.05, 0) is 25.5 Å². The summed E-state index contributed by atoms with van der Waals surface area (Å²) in [4.78, 5) is 11.4. The fraction of sp³-hybridized carbons (Fsp3) is 0.417. The zero-order valence-electron chi connectivity index (χ0n) is 9.61. The van der Waals surface area contributed by atoms with E-state index in [0.717, 1.165) is 0 Å². The van der Waals surface area contributed by atoms with Crippen molar-refractivity contribution < 1.29 is 19.0 Å². The Morgan fingerprint density at radius 3 is 2.76 bits per heavy atom. The third-order valence-electron chi connectivity index (χ3n) is 2.29. The van der Waals surface area contributed by atoms with Crippen LogP contribution in [-0.4, -0.2) is 17.7 Å². The van der Waals surface area contributed by atoms with Crippen LogP contribution in [0.3, 0.4) is 0 Å². The van der Waals surface area contributed by atoms with Gasteiger partial charge in [-0.3, -0.25) is 0 Å². The topological polar surface area (TPSA) is 46.5 Å². The first-order valence-corrected chi connectivity index (χ1v) is 5.63. The van der Waals surface area contributed by atoms with Gasteiger partial charge in [0, 0.05) is 10.6 Å². The Labute approximate surface area is 104 Å². The third-order valence-corrected chi connectivity index (χ3v) is 2.62. The summed E-state index contributed by atoms with van der Waals surface area (Å²) in [5.41, 5.74) is 0.265. The first-order chi connectivity index (χ1) is 7.99. The van der Waals surface area contributed by atoms with Crippen LogP contribution >= 0.6 is 11.6 Å². The van der Waals surface area contributed by atoms with Crippen molar-refractivity contribution >= 4 is 17.6 Å². The molecule has 0 saturated heterocycles. The number of carbonyl (C=O) groups excluding carboxylic acids is 1. The van der Waals surface area contributed by atoms with Gasteiger partial charge >= 0.3 is 5.97 Å². The average Bonchev–Trinajstić information content (AvgIpc) is 2.27. The molecule has 0 amide bonds. The molecular formula is C12H14ClFO3. The summed E-state index contributed by atoms with van der Waals surface area (Å²) < 4.78 is 18.1. The minimum absolute atomic E-state index is 0.120. The highest BCUT2D eigenvalue weighted by atomic mass is 35.5. The molecule has 2 atom stereocenters. The average molecular weight is 261 g/mol. The predicted octanol–water partition coefficient (Wildman–Crippen LogP) is 2.97. The van der Waals surface area contributed by atoms with E-state index in [0.29, 0.717) is 0 Å². The zero-order valence-corrected chi connectivity index (χ0v) is 10.4. The Kier molecular flexibility index (Phi) is 4.90. The normalized spacial score (nSPS) is 14.2. The summed E-state index contributed by atoms with van der Waals surface area (Å²) in [6, 6.07) is 4.51. The van der Waals surface area contributed by atoms with Crippen LogP contribution < -0.4 is 0 Å². The third kappa shape index (κ3) is 3.17. The lowest BCUT2D eigenvalue weighted by Crippen LogP contribution is -2.17. The maximum Gasteiger partial charge on any atom is 0.339 e. The number of aliphatic hydroxyl groups is 1. The lowest BCUT2D eigenvalue weighted by molar-refractivity contribution is -0.153. The van der Waals surface area contributed by atoms with Crippen LogP contribution in [0.4, 0.5) is 4.39 Å². The van der Waals surface area contributed by atoms with Crippen molar-refractivity contribution in [2.75, 3.05) is 6.61 Å². The quantitative estimate of drug-likeness (QED) is 0.847. The number of halogens is 2. The van der Waals surface area contributed by atoms with Crippen molar-refractivity contribution in [3.8, 4) is 0 Å². The van der Waals surface area contributed by atoms with Crippen molar-refractivity contribution in [2.24, 2.45) is 0 Å². The molecule has 0 aliphatic carbocycles. The second kappa shape index (κ2) is 5.98. The van der Waals surface area contributed by atoms with Crippen LogP contribution in [0.2, 0.25) is 5.02 Å². The molecule has 17 heavy (non-hydrogen) atoms. The molecule has 0 bridgehead atoms. The number of alkyl halides is 1. The number of hydrogen-bond donors (Lipinski definition) is 1. The molecule has 0 spiro atoms. The van der Waals surface area contributed by atoms with E-state index in [2.05, 4.69) is 4.74 Å². The molecule has 0 radical (unpaired) electrons. The second-order valence-electron chi connectivity index (χ2n) is 3.51.